The van der Waals surface area contributed by atoms with E-state index in [-0.39, 0.29) is 11.9 Å². The highest BCUT2D eigenvalue weighted by atomic mass is 16.5. The molecular formula is C16H23NO2. The number of hydrogen-bond acceptors (Lipinski definition) is 3. The molecule has 1 aliphatic heterocycles. The standard InChI is InChI=1S/C16H23NO2/c1-2-13-3-5-14(6-4-13)9-12-19-16(18)15-7-10-17-11-8-15/h3-6,15,17H,2,7-12H2,1H3. The number of esters is 1. The molecular weight excluding hydrogens is 238 g/mol. The minimum Gasteiger partial charge on any atom is -0.465 e. The average Bonchev–Trinajstić information content (AvgIpc) is 2.49. The fraction of sp³-hybridized carbons (Fsp3) is 0.562. The van der Waals surface area contributed by atoms with Gasteiger partial charge in [0, 0.05) is 6.42 Å². The fourth-order valence-electron chi connectivity index (χ4n) is 2.39. The van der Waals surface area contributed by atoms with Gasteiger partial charge in [0.05, 0.1) is 12.5 Å². The topological polar surface area (TPSA) is 38.3 Å². The van der Waals surface area contributed by atoms with Crippen LogP contribution >= 0.6 is 0 Å². The number of aryl methyl sites for hydroxylation is 1. The van der Waals surface area contributed by atoms with Crippen LogP contribution in [-0.4, -0.2) is 25.7 Å². The minimum atomic E-state index is -0.0216. The number of hydrogen-bond donors (Lipinski definition) is 1. The Bertz CT molecular complexity index is 394. The van der Waals surface area contributed by atoms with Crippen molar-refractivity contribution in [2.24, 2.45) is 5.92 Å². The molecule has 3 heteroatoms. The van der Waals surface area contributed by atoms with Crippen molar-refractivity contribution in [2.75, 3.05) is 19.7 Å². The van der Waals surface area contributed by atoms with Crippen molar-refractivity contribution in [3.05, 3.63) is 35.4 Å². The second-order valence-electron chi connectivity index (χ2n) is 5.11. The zero-order chi connectivity index (χ0) is 13.5. The van der Waals surface area contributed by atoms with Gasteiger partial charge in [-0.3, -0.25) is 4.79 Å². The van der Waals surface area contributed by atoms with Gasteiger partial charge in [0.15, 0.2) is 0 Å². The largest absolute Gasteiger partial charge is 0.465 e. The smallest absolute Gasteiger partial charge is 0.309 e. The molecule has 1 saturated heterocycles. The fourth-order valence-corrected chi connectivity index (χ4v) is 2.39. The van der Waals surface area contributed by atoms with E-state index in [1.165, 1.54) is 11.1 Å². The first-order valence-electron chi connectivity index (χ1n) is 7.24. The lowest BCUT2D eigenvalue weighted by Crippen LogP contribution is -2.33. The summed E-state index contributed by atoms with van der Waals surface area (Å²) in [5, 5.41) is 3.25. The second kappa shape index (κ2) is 7.29. The Labute approximate surface area is 115 Å². The number of rotatable bonds is 5. The van der Waals surface area contributed by atoms with Gasteiger partial charge in [-0.15, -0.1) is 0 Å². The third-order valence-corrected chi connectivity index (χ3v) is 3.74. The maximum Gasteiger partial charge on any atom is 0.309 e. The highest BCUT2D eigenvalue weighted by Crippen LogP contribution is 2.13. The number of carbonyl (C=O) groups excluding carboxylic acids is 1. The van der Waals surface area contributed by atoms with Gasteiger partial charge in [-0.2, -0.15) is 0 Å². The van der Waals surface area contributed by atoms with Crippen LogP contribution in [0.2, 0.25) is 0 Å². The Hall–Kier alpha value is -1.35. The van der Waals surface area contributed by atoms with Crippen LogP contribution in [0.3, 0.4) is 0 Å². The maximum atomic E-state index is 11.8. The summed E-state index contributed by atoms with van der Waals surface area (Å²) in [4.78, 5) is 11.8. The van der Waals surface area contributed by atoms with Gasteiger partial charge in [0.2, 0.25) is 0 Å². The molecule has 1 N–H and O–H groups in total. The van der Waals surface area contributed by atoms with E-state index in [1.54, 1.807) is 0 Å². The van der Waals surface area contributed by atoms with Crippen LogP contribution in [0.1, 0.15) is 30.9 Å². The summed E-state index contributed by atoms with van der Waals surface area (Å²) in [5.41, 5.74) is 2.57. The lowest BCUT2D eigenvalue weighted by Gasteiger charge is -2.20. The zero-order valence-electron chi connectivity index (χ0n) is 11.7. The van der Waals surface area contributed by atoms with E-state index in [9.17, 15) is 4.79 Å². The van der Waals surface area contributed by atoms with E-state index in [4.69, 9.17) is 4.74 Å². The summed E-state index contributed by atoms with van der Waals surface area (Å²) in [6.45, 7) is 4.50. The Kier molecular flexibility index (Phi) is 5.40. The van der Waals surface area contributed by atoms with Gasteiger partial charge in [-0.25, -0.2) is 0 Å². The Balaban J connectivity index is 1.71. The van der Waals surface area contributed by atoms with Crippen molar-refractivity contribution in [3.8, 4) is 0 Å². The molecule has 0 radical (unpaired) electrons. The lowest BCUT2D eigenvalue weighted by atomic mass is 9.98. The summed E-state index contributed by atoms with van der Waals surface area (Å²) in [6.07, 6.45) is 3.68. The number of carbonyl (C=O) groups is 1. The number of piperidine rings is 1. The van der Waals surface area contributed by atoms with Crippen molar-refractivity contribution in [3.63, 3.8) is 0 Å². The van der Waals surface area contributed by atoms with Gasteiger partial charge in [-0.05, 0) is 43.5 Å². The third kappa shape index (κ3) is 4.35. The lowest BCUT2D eigenvalue weighted by molar-refractivity contribution is -0.149. The summed E-state index contributed by atoms with van der Waals surface area (Å²) in [7, 11) is 0. The molecule has 1 aromatic carbocycles. The van der Waals surface area contributed by atoms with Crippen LogP contribution < -0.4 is 5.32 Å². The molecule has 3 nitrogen and oxygen atoms in total. The van der Waals surface area contributed by atoms with Crippen molar-refractivity contribution in [2.45, 2.75) is 32.6 Å². The molecule has 0 atom stereocenters. The van der Waals surface area contributed by atoms with E-state index < -0.39 is 0 Å². The Morgan fingerprint density at radius 3 is 2.47 bits per heavy atom. The normalized spacial score (nSPS) is 16.3. The van der Waals surface area contributed by atoms with Gasteiger partial charge >= 0.3 is 5.97 Å². The second-order valence-corrected chi connectivity index (χ2v) is 5.11. The summed E-state index contributed by atoms with van der Waals surface area (Å²) < 4.78 is 5.38. The van der Waals surface area contributed by atoms with Crippen LogP contribution in [0.4, 0.5) is 0 Å². The maximum absolute atomic E-state index is 11.8. The van der Waals surface area contributed by atoms with E-state index in [1.807, 2.05) is 0 Å². The highest BCUT2D eigenvalue weighted by molar-refractivity contribution is 5.72. The molecule has 1 aliphatic rings. The molecule has 0 amide bonds. The van der Waals surface area contributed by atoms with E-state index >= 15 is 0 Å². The molecule has 104 valence electrons. The monoisotopic (exact) mass is 261 g/mol. The van der Waals surface area contributed by atoms with Crippen LogP contribution in [0.15, 0.2) is 24.3 Å². The molecule has 2 rings (SSSR count). The predicted molar refractivity (Wildman–Crippen MR) is 76.1 cm³/mol. The van der Waals surface area contributed by atoms with Crippen molar-refractivity contribution < 1.29 is 9.53 Å². The van der Waals surface area contributed by atoms with Crippen LogP contribution in [0.5, 0.6) is 0 Å². The zero-order valence-corrected chi connectivity index (χ0v) is 11.7. The third-order valence-electron chi connectivity index (χ3n) is 3.74. The summed E-state index contributed by atoms with van der Waals surface area (Å²) in [6, 6.07) is 8.53. The first-order chi connectivity index (χ1) is 9.29. The molecule has 1 heterocycles. The first-order valence-corrected chi connectivity index (χ1v) is 7.24. The van der Waals surface area contributed by atoms with E-state index in [0.717, 1.165) is 38.8 Å². The molecule has 19 heavy (non-hydrogen) atoms. The molecule has 0 aliphatic carbocycles. The van der Waals surface area contributed by atoms with Crippen molar-refractivity contribution >= 4 is 5.97 Å². The van der Waals surface area contributed by atoms with Gasteiger partial charge in [-0.1, -0.05) is 31.2 Å². The van der Waals surface area contributed by atoms with Gasteiger partial charge < -0.3 is 10.1 Å². The molecule has 0 saturated carbocycles. The molecule has 0 unspecified atom stereocenters. The summed E-state index contributed by atoms with van der Waals surface area (Å²) >= 11 is 0. The molecule has 0 spiro atoms. The van der Waals surface area contributed by atoms with Crippen molar-refractivity contribution in [1.29, 1.82) is 0 Å². The van der Waals surface area contributed by atoms with Crippen molar-refractivity contribution in [1.82, 2.24) is 5.32 Å². The Morgan fingerprint density at radius 2 is 1.84 bits per heavy atom. The molecule has 0 aromatic heterocycles. The minimum absolute atomic E-state index is 0.0216. The number of nitrogens with one attached hydrogen (secondary N) is 1. The first kappa shape index (κ1) is 14.1. The van der Waals surface area contributed by atoms with Gasteiger partial charge in [0.1, 0.15) is 0 Å². The SMILES string of the molecule is CCc1ccc(CCOC(=O)C2CCNCC2)cc1. The highest BCUT2D eigenvalue weighted by Gasteiger charge is 2.21. The molecule has 0 bridgehead atoms. The average molecular weight is 261 g/mol. The van der Waals surface area contributed by atoms with Gasteiger partial charge in [0.25, 0.3) is 0 Å². The van der Waals surface area contributed by atoms with Crippen LogP contribution in [0, 0.1) is 5.92 Å². The quantitative estimate of drug-likeness (QED) is 0.827. The molecule has 1 aromatic rings. The summed E-state index contributed by atoms with van der Waals surface area (Å²) in [5.74, 6) is 0.0791. The number of benzene rings is 1. The van der Waals surface area contributed by atoms with Crippen LogP contribution in [-0.2, 0) is 22.4 Å². The van der Waals surface area contributed by atoms with E-state index in [2.05, 4.69) is 36.5 Å². The predicted octanol–water partition coefficient (Wildman–Crippen LogP) is 2.33. The molecule has 1 fully saturated rings. The van der Waals surface area contributed by atoms with E-state index in [0.29, 0.717) is 6.61 Å². The van der Waals surface area contributed by atoms with Crippen LogP contribution in [0.25, 0.3) is 0 Å². The number of ether oxygens (including phenoxy) is 1. The Morgan fingerprint density at radius 1 is 1.21 bits per heavy atom.